The molecule has 0 aliphatic rings. The summed E-state index contributed by atoms with van der Waals surface area (Å²) in [4.78, 5) is 36.0. The number of aryl methyl sites for hydroxylation is 1. The quantitative estimate of drug-likeness (QED) is 0.176. The van der Waals surface area contributed by atoms with Crippen molar-refractivity contribution >= 4 is 17.9 Å². The van der Waals surface area contributed by atoms with E-state index in [1.54, 1.807) is 49.4 Å². The molecule has 0 fully saturated rings. The minimum Gasteiger partial charge on any atom is -0.494 e. The molecule has 0 bridgehead atoms. The predicted octanol–water partition coefficient (Wildman–Crippen LogP) is 4.90. The molecule has 0 unspecified atom stereocenters. The molecule has 35 heavy (non-hydrogen) atoms. The Bertz CT molecular complexity index is 1200. The average molecular weight is 476 g/mol. The van der Waals surface area contributed by atoms with Crippen molar-refractivity contribution in [1.29, 1.82) is 0 Å². The fraction of sp³-hybridized carbons (Fsp3) is 0.148. The molecule has 0 saturated carbocycles. The lowest BCUT2D eigenvalue weighted by Crippen LogP contribution is -2.12. The van der Waals surface area contributed by atoms with Gasteiger partial charge in [0.1, 0.15) is 23.0 Å². The summed E-state index contributed by atoms with van der Waals surface area (Å²) in [5.74, 6) is 0.0468. The van der Waals surface area contributed by atoms with E-state index in [0.29, 0.717) is 35.0 Å². The smallest absolute Gasteiger partial charge is 0.343 e. The van der Waals surface area contributed by atoms with Gasteiger partial charge in [0.15, 0.2) is 0 Å². The van der Waals surface area contributed by atoms with Gasteiger partial charge in [-0.1, -0.05) is 6.58 Å². The number of hydrogen-bond donors (Lipinski definition) is 0. The van der Waals surface area contributed by atoms with E-state index >= 15 is 0 Å². The van der Waals surface area contributed by atoms with Crippen molar-refractivity contribution in [1.82, 2.24) is 0 Å². The maximum Gasteiger partial charge on any atom is 0.343 e. The third-order valence-corrected chi connectivity index (χ3v) is 4.66. The number of esters is 3. The van der Waals surface area contributed by atoms with Crippen molar-refractivity contribution in [2.75, 3.05) is 13.4 Å². The summed E-state index contributed by atoms with van der Waals surface area (Å²) in [6, 6.07) is 17.5. The monoisotopic (exact) mass is 476 g/mol. The molecule has 0 spiro atoms. The van der Waals surface area contributed by atoms with Gasteiger partial charge in [0.05, 0.1) is 17.7 Å². The highest BCUT2D eigenvalue weighted by molar-refractivity contribution is 5.94. The molecule has 0 radical (unpaired) electrons. The van der Waals surface area contributed by atoms with Crippen LogP contribution in [0.1, 0.15) is 33.2 Å². The minimum atomic E-state index is -0.601. The summed E-state index contributed by atoms with van der Waals surface area (Å²) in [7, 11) is 0. The third kappa shape index (κ3) is 7.20. The fourth-order valence-electron chi connectivity index (χ4n) is 2.93. The van der Waals surface area contributed by atoms with Gasteiger partial charge < -0.3 is 23.7 Å². The number of carbonyl (C=O) groups excluding carboxylic acids is 3. The zero-order chi connectivity index (χ0) is 25.2. The Morgan fingerprint density at radius 3 is 1.97 bits per heavy atom. The number of carbonyl (C=O) groups is 3. The lowest BCUT2D eigenvalue weighted by Gasteiger charge is -2.10. The second kappa shape index (κ2) is 12.0. The van der Waals surface area contributed by atoms with Crippen LogP contribution in [0, 0.1) is 6.92 Å². The molecule has 3 rings (SSSR count). The summed E-state index contributed by atoms with van der Waals surface area (Å²) in [5.41, 5.74) is 1.22. The standard InChI is InChI=1S/C27H24O8/c1-4-25(28)33-17-32-21-8-6-19(7-9-21)26(29)35-23-14-15-24(18(3)16-23)27(30)34-22-12-10-20(11-13-22)31-5-2/h4,6-16H,1,5,17H2,2-3H3. The van der Waals surface area contributed by atoms with E-state index in [4.69, 9.17) is 23.7 Å². The van der Waals surface area contributed by atoms with Crippen LogP contribution < -0.4 is 18.9 Å². The van der Waals surface area contributed by atoms with Gasteiger partial charge in [-0.25, -0.2) is 14.4 Å². The van der Waals surface area contributed by atoms with Gasteiger partial charge in [0, 0.05) is 6.08 Å². The van der Waals surface area contributed by atoms with E-state index in [0.717, 1.165) is 6.08 Å². The lowest BCUT2D eigenvalue weighted by molar-refractivity contribution is -0.144. The van der Waals surface area contributed by atoms with Crippen LogP contribution in [-0.2, 0) is 9.53 Å². The van der Waals surface area contributed by atoms with E-state index in [-0.39, 0.29) is 18.1 Å². The minimum absolute atomic E-state index is 0.276. The van der Waals surface area contributed by atoms with Gasteiger partial charge in [0.2, 0.25) is 6.79 Å². The summed E-state index contributed by atoms with van der Waals surface area (Å²) in [6.07, 6.45) is 1.03. The Labute approximate surface area is 202 Å². The van der Waals surface area contributed by atoms with Crippen molar-refractivity contribution in [2.45, 2.75) is 13.8 Å². The van der Waals surface area contributed by atoms with Crippen LogP contribution in [0.4, 0.5) is 0 Å². The maximum atomic E-state index is 12.6. The van der Waals surface area contributed by atoms with E-state index in [9.17, 15) is 14.4 Å². The second-order valence-corrected chi connectivity index (χ2v) is 7.11. The highest BCUT2D eigenvalue weighted by Crippen LogP contribution is 2.23. The molecule has 0 aromatic heterocycles. The number of ether oxygens (including phenoxy) is 5. The molecule has 0 aliphatic carbocycles. The molecule has 8 nitrogen and oxygen atoms in total. The van der Waals surface area contributed by atoms with Gasteiger partial charge in [-0.3, -0.25) is 0 Å². The topological polar surface area (TPSA) is 97.4 Å². The van der Waals surface area contributed by atoms with Crippen LogP contribution in [0.15, 0.2) is 79.4 Å². The van der Waals surface area contributed by atoms with Crippen molar-refractivity contribution in [3.05, 3.63) is 96.1 Å². The van der Waals surface area contributed by atoms with Gasteiger partial charge in [-0.2, -0.15) is 0 Å². The Morgan fingerprint density at radius 1 is 0.771 bits per heavy atom. The molecule has 0 heterocycles. The molecule has 0 atom stereocenters. The van der Waals surface area contributed by atoms with E-state index in [1.165, 1.54) is 24.3 Å². The summed E-state index contributed by atoms with van der Waals surface area (Å²) < 4.78 is 26.2. The van der Waals surface area contributed by atoms with Crippen molar-refractivity contribution in [3.8, 4) is 23.0 Å². The number of rotatable bonds is 10. The summed E-state index contributed by atoms with van der Waals surface area (Å²) in [6.45, 7) is 7.16. The first-order valence-electron chi connectivity index (χ1n) is 10.7. The largest absolute Gasteiger partial charge is 0.494 e. The molecule has 0 aliphatic heterocycles. The van der Waals surface area contributed by atoms with Crippen LogP contribution >= 0.6 is 0 Å². The maximum absolute atomic E-state index is 12.6. The van der Waals surface area contributed by atoms with E-state index in [1.807, 2.05) is 6.92 Å². The zero-order valence-corrected chi connectivity index (χ0v) is 19.3. The second-order valence-electron chi connectivity index (χ2n) is 7.11. The zero-order valence-electron chi connectivity index (χ0n) is 19.3. The van der Waals surface area contributed by atoms with E-state index in [2.05, 4.69) is 6.58 Å². The normalized spacial score (nSPS) is 10.1. The van der Waals surface area contributed by atoms with Crippen LogP contribution in [0.3, 0.4) is 0 Å². The molecule has 0 N–H and O–H groups in total. The average Bonchev–Trinajstić information content (AvgIpc) is 2.85. The SMILES string of the molecule is C=CC(=O)OCOc1ccc(C(=O)Oc2ccc(C(=O)Oc3ccc(OCC)cc3)c(C)c2)cc1. The molecular weight excluding hydrogens is 452 g/mol. The molecule has 180 valence electrons. The van der Waals surface area contributed by atoms with Crippen molar-refractivity contribution < 1.29 is 38.1 Å². The Balaban J connectivity index is 1.57. The highest BCUT2D eigenvalue weighted by Gasteiger charge is 2.15. The molecule has 3 aromatic rings. The van der Waals surface area contributed by atoms with Crippen LogP contribution in [-0.4, -0.2) is 31.3 Å². The number of hydrogen-bond acceptors (Lipinski definition) is 8. The Morgan fingerprint density at radius 2 is 1.34 bits per heavy atom. The first-order chi connectivity index (χ1) is 16.9. The van der Waals surface area contributed by atoms with Crippen molar-refractivity contribution in [3.63, 3.8) is 0 Å². The number of benzene rings is 3. The van der Waals surface area contributed by atoms with Gasteiger partial charge in [-0.15, -0.1) is 0 Å². The molecule has 8 heteroatoms. The van der Waals surface area contributed by atoms with Crippen LogP contribution in [0.25, 0.3) is 0 Å². The summed E-state index contributed by atoms with van der Waals surface area (Å²) >= 11 is 0. The third-order valence-electron chi connectivity index (χ3n) is 4.66. The van der Waals surface area contributed by atoms with Crippen molar-refractivity contribution in [2.24, 2.45) is 0 Å². The van der Waals surface area contributed by atoms with Gasteiger partial charge in [0.25, 0.3) is 0 Å². The van der Waals surface area contributed by atoms with Gasteiger partial charge in [-0.05, 0) is 86.1 Å². The first kappa shape index (κ1) is 25.0. The Kier molecular flexibility index (Phi) is 8.61. The molecular formula is C27H24O8. The van der Waals surface area contributed by atoms with Gasteiger partial charge >= 0.3 is 17.9 Å². The van der Waals surface area contributed by atoms with Crippen LogP contribution in [0.5, 0.6) is 23.0 Å². The summed E-state index contributed by atoms with van der Waals surface area (Å²) in [5, 5.41) is 0. The molecule has 0 saturated heterocycles. The Hall–Kier alpha value is -4.59. The van der Waals surface area contributed by atoms with E-state index < -0.39 is 17.9 Å². The predicted molar refractivity (Wildman–Crippen MR) is 127 cm³/mol. The first-order valence-corrected chi connectivity index (χ1v) is 10.7. The van der Waals surface area contributed by atoms with Crippen LogP contribution in [0.2, 0.25) is 0 Å². The highest BCUT2D eigenvalue weighted by atomic mass is 16.7. The molecule has 0 amide bonds. The molecule has 3 aromatic carbocycles. The lowest BCUT2D eigenvalue weighted by atomic mass is 10.1. The fourth-order valence-corrected chi connectivity index (χ4v) is 2.93.